The predicted octanol–water partition coefficient (Wildman–Crippen LogP) is -0.0195. The SMILES string of the molecule is CSCCC(NC(=O)C1CCCN(S(C)(=O)=O)C1)C(=O)O. The van der Waals surface area contributed by atoms with Gasteiger partial charge < -0.3 is 10.4 Å². The van der Waals surface area contributed by atoms with E-state index < -0.39 is 28.0 Å². The summed E-state index contributed by atoms with van der Waals surface area (Å²) in [6.45, 7) is 0.539. The van der Waals surface area contributed by atoms with Gasteiger partial charge in [-0.05, 0) is 31.3 Å². The number of thioether (sulfide) groups is 1. The highest BCUT2D eigenvalue weighted by Crippen LogP contribution is 2.19. The molecule has 0 aromatic carbocycles. The minimum absolute atomic E-state index is 0.125. The zero-order valence-corrected chi connectivity index (χ0v) is 13.9. The molecule has 0 aliphatic carbocycles. The van der Waals surface area contributed by atoms with Crippen LogP contribution in [0.3, 0.4) is 0 Å². The van der Waals surface area contributed by atoms with Gasteiger partial charge in [-0.25, -0.2) is 17.5 Å². The summed E-state index contributed by atoms with van der Waals surface area (Å²) in [7, 11) is -3.32. The number of hydrogen-bond donors (Lipinski definition) is 2. The molecule has 0 saturated carbocycles. The molecule has 21 heavy (non-hydrogen) atoms. The van der Waals surface area contributed by atoms with Crippen molar-refractivity contribution in [3.05, 3.63) is 0 Å². The van der Waals surface area contributed by atoms with Crippen molar-refractivity contribution in [1.82, 2.24) is 9.62 Å². The van der Waals surface area contributed by atoms with Crippen molar-refractivity contribution in [3.8, 4) is 0 Å². The number of nitrogens with zero attached hydrogens (tertiary/aromatic N) is 1. The molecule has 1 rings (SSSR count). The third kappa shape index (κ3) is 5.84. The zero-order valence-electron chi connectivity index (χ0n) is 12.2. The van der Waals surface area contributed by atoms with Gasteiger partial charge in [0.25, 0.3) is 0 Å². The number of carboxylic acid groups (broad SMARTS) is 1. The molecule has 0 radical (unpaired) electrons. The molecule has 2 N–H and O–H groups in total. The lowest BCUT2D eigenvalue weighted by atomic mass is 9.98. The number of hydrogen-bond acceptors (Lipinski definition) is 5. The maximum absolute atomic E-state index is 12.1. The largest absolute Gasteiger partial charge is 0.480 e. The Morgan fingerprint density at radius 3 is 2.67 bits per heavy atom. The number of nitrogens with one attached hydrogen (secondary N) is 1. The molecule has 0 aromatic heterocycles. The Hall–Kier alpha value is -0.800. The minimum atomic E-state index is -3.32. The van der Waals surface area contributed by atoms with Crippen LogP contribution in [0.25, 0.3) is 0 Å². The summed E-state index contributed by atoms with van der Waals surface area (Å²) in [6.07, 6.45) is 4.52. The van der Waals surface area contributed by atoms with Crippen LogP contribution in [0.4, 0.5) is 0 Å². The van der Waals surface area contributed by atoms with Gasteiger partial charge in [-0.2, -0.15) is 11.8 Å². The molecule has 1 heterocycles. The first-order chi connectivity index (χ1) is 9.75. The Morgan fingerprint density at radius 1 is 1.48 bits per heavy atom. The smallest absolute Gasteiger partial charge is 0.326 e. The molecule has 1 aliphatic rings. The first kappa shape index (κ1) is 18.2. The lowest BCUT2D eigenvalue weighted by molar-refractivity contribution is -0.142. The van der Waals surface area contributed by atoms with Crippen molar-refractivity contribution in [3.63, 3.8) is 0 Å². The van der Waals surface area contributed by atoms with E-state index in [-0.39, 0.29) is 12.5 Å². The van der Waals surface area contributed by atoms with Gasteiger partial charge in [0.15, 0.2) is 0 Å². The fourth-order valence-corrected chi connectivity index (χ4v) is 3.62. The highest BCUT2D eigenvalue weighted by atomic mass is 32.2. The molecule has 0 bridgehead atoms. The van der Waals surface area contributed by atoms with Gasteiger partial charge in [0.1, 0.15) is 6.04 Å². The fraction of sp³-hybridized carbons (Fsp3) is 0.833. The predicted molar refractivity (Wildman–Crippen MR) is 81.7 cm³/mol. The summed E-state index contributed by atoms with van der Waals surface area (Å²) in [5, 5.41) is 11.6. The number of sulfonamides is 1. The minimum Gasteiger partial charge on any atom is -0.480 e. The molecule has 0 spiro atoms. The van der Waals surface area contributed by atoms with E-state index in [1.807, 2.05) is 6.26 Å². The summed E-state index contributed by atoms with van der Waals surface area (Å²) in [6, 6.07) is -0.918. The molecule has 0 aromatic rings. The van der Waals surface area contributed by atoms with E-state index in [9.17, 15) is 18.0 Å². The van der Waals surface area contributed by atoms with E-state index >= 15 is 0 Å². The molecule has 7 nitrogen and oxygen atoms in total. The number of rotatable bonds is 7. The first-order valence-corrected chi connectivity index (χ1v) is 9.97. The van der Waals surface area contributed by atoms with Crippen LogP contribution in [-0.4, -0.2) is 67.1 Å². The van der Waals surface area contributed by atoms with Crippen molar-refractivity contribution in [2.45, 2.75) is 25.3 Å². The molecule has 9 heteroatoms. The van der Waals surface area contributed by atoms with E-state index in [1.165, 1.54) is 16.1 Å². The van der Waals surface area contributed by atoms with Crippen LogP contribution < -0.4 is 5.32 Å². The molecular formula is C12H22N2O5S2. The lowest BCUT2D eigenvalue weighted by Crippen LogP contribution is -2.49. The molecule has 2 unspecified atom stereocenters. The Labute approximate surface area is 129 Å². The normalized spacial score (nSPS) is 21.7. The van der Waals surface area contributed by atoms with E-state index in [4.69, 9.17) is 5.11 Å². The van der Waals surface area contributed by atoms with Crippen LogP contribution >= 0.6 is 11.8 Å². The van der Waals surface area contributed by atoms with Crippen molar-refractivity contribution < 1.29 is 23.1 Å². The van der Waals surface area contributed by atoms with Gasteiger partial charge in [0.05, 0.1) is 12.2 Å². The third-order valence-corrected chi connectivity index (χ3v) is 5.36. The average molecular weight is 338 g/mol. The van der Waals surface area contributed by atoms with Crippen molar-refractivity contribution in [2.24, 2.45) is 5.92 Å². The van der Waals surface area contributed by atoms with Crippen molar-refractivity contribution >= 4 is 33.7 Å². The summed E-state index contributed by atoms with van der Waals surface area (Å²) in [5.41, 5.74) is 0. The standard InChI is InChI=1S/C12H22N2O5S2/c1-20-7-5-10(12(16)17)13-11(15)9-4-3-6-14(8-9)21(2,18)19/h9-10H,3-8H2,1-2H3,(H,13,15)(H,16,17). The Bertz CT molecular complexity index is 480. The number of piperidine rings is 1. The van der Waals surface area contributed by atoms with Gasteiger partial charge in [0.2, 0.25) is 15.9 Å². The molecule has 122 valence electrons. The van der Waals surface area contributed by atoms with Gasteiger partial charge >= 0.3 is 5.97 Å². The van der Waals surface area contributed by atoms with Crippen LogP contribution in [0.5, 0.6) is 0 Å². The van der Waals surface area contributed by atoms with Crippen LogP contribution in [0.2, 0.25) is 0 Å². The monoisotopic (exact) mass is 338 g/mol. The van der Waals surface area contributed by atoms with E-state index in [1.54, 1.807) is 0 Å². The van der Waals surface area contributed by atoms with E-state index in [0.29, 0.717) is 31.6 Å². The van der Waals surface area contributed by atoms with Gasteiger partial charge in [-0.15, -0.1) is 0 Å². The van der Waals surface area contributed by atoms with E-state index in [2.05, 4.69) is 5.32 Å². The summed E-state index contributed by atoms with van der Waals surface area (Å²) in [4.78, 5) is 23.3. The fourth-order valence-electron chi connectivity index (χ4n) is 2.24. The maximum atomic E-state index is 12.1. The number of carbonyl (C=O) groups excluding carboxylic acids is 1. The Morgan fingerprint density at radius 2 is 2.14 bits per heavy atom. The quantitative estimate of drug-likeness (QED) is 0.676. The molecule has 1 fully saturated rings. The number of carboxylic acids is 1. The van der Waals surface area contributed by atoms with Crippen molar-refractivity contribution in [1.29, 1.82) is 0 Å². The first-order valence-electron chi connectivity index (χ1n) is 6.73. The third-order valence-electron chi connectivity index (χ3n) is 3.45. The van der Waals surface area contributed by atoms with Crippen LogP contribution in [0.15, 0.2) is 0 Å². The summed E-state index contributed by atoms with van der Waals surface area (Å²) >= 11 is 1.51. The zero-order chi connectivity index (χ0) is 16.0. The second kappa shape index (κ2) is 8.00. The molecular weight excluding hydrogens is 316 g/mol. The van der Waals surface area contributed by atoms with Crippen LogP contribution in [0, 0.1) is 5.92 Å². The number of carbonyl (C=O) groups is 2. The summed E-state index contributed by atoms with van der Waals surface area (Å²) in [5.74, 6) is -1.29. The molecule has 2 atom stereocenters. The van der Waals surface area contributed by atoms with Gasteiger partial charge in [-0.1, -0.05) is 0 Å². The highest BCUT2D eigenvalue weighted by molar-refractivity contribution is 7.98. The average Bonchev–Trinajstić information content (AvgIpc) is 2.42. The number of amides is 1. The van der Waals surface area contributed by atoms with Gasteiger partial charge in [-0.3, -0.25) is 4.79 Å². The van der Waals surface area contributed by atoms with Crippen LogP contribution in [0.1, 0.15) is 19.3 Å². The Balaban J connectivity index is 2.63. The number of aliphatic carboxylic acids is 1. The molecule has 1 aliphatic heterocycles. The van der Waals surface area contributed by atoms with Gasteiger partial charge in [0, 0.05) is 13.1 Å². The molecule has 1 saturated heterocycles. The van der Waals surface area contributed by atoms with Crippen molar-refractivity contribution in [2.75, 3.05) is 31.4 Å². The molecule has 1 amide bonds. The summed E-state index contributed by atoms with van der Waals surface area (Å²) < 4.78 is 24.3. The second-order valence-electron chi connectivity index (χ2n) is 5.14. The lowest BCUT2D eigenvalue weighted by Gasteiger charge is -2.30. The van der Waals surface area contributed by atoms with Crippen LogP contribution in [-0.2, 0) is 19.6 Å². The topological polar surface area (TPSA) is 104 Å². The van der Waals surface area contributed by atoms with E-state index in [0.717, 1.165) is 6.26 Å². The highest BCUT2D eigenvalue weighted by Gasteiger charge is 2.32. The Kier molecular flexibility index (Phi) is 6.95. The maximum Gasteiger partial charge on any atom is 0.326 e. The second-order valence-corrected chi connectivity index (χ2v) is 8.11.